The van der Waals surface area contributed by atoms with Crippen LogP contribution in [0.15, 0.2) is 36.5 Å². The van der Waals surface area contributed by atoms with Gasteiger partial charge in [-0.25, -0.2) is 9.37 Å². The number of nitrogens with zero attached hydrogens (tertiary/aromatic N) is 1. The summed E-state index contributed by atoms with van der Waals surface area (Å²) in [5, 5.41) is 5.86. The molecular weight excluding hydrogens is 317 g/mol. The van der Waals surface area contributed by atoms with Gasteiger partial charge in [-0.05, 0) is 30.7 Å². The third-order valence-electron chi connectivity index (χ3n) is 3.30. The van der Waals surface area contributed by atoms with Gasteiger partial charge in [0.2, 0.25) is 0 Å². The topological polar surface area (TPSA) is 54.0 Å². The van der Waals surface area contributed by atoms with Gasteiger partial charge in [0.05, 0.1) is 22.5 Å². The Morgan fingerprint density at radius 2 is 2.09 bits per heavy atom. The first-order chi connectivity index (χ1) is 11.1. The zero-order valence-electron chi connectivity index (χ0n) is 12.9. The molecule has 0 saturated carbocycles. The second kappa shape index (κ2) is 8.48. The van der Waals surface area contributed by atoms with Crippen LogP contribution in [0.5, 0.6) is 0 Å². The van der Waals surface area contributed by atoms with Crippen molar-refractivity contribution < 1.29 is 9.18 Å². The lowest BCUT2D eigenvalue weighted by Gasteiger charge is -2.09. The molecule has 0 bridgehead atoms. The molecule has 0 fully saturated rings. The number of anilines is 2. The van der Waals surface area contributed by atoms with E-state index in [-0.39, 0.29) is 10.6 Å². The Morgan fingerprint density at radius 3 is 2.74 bits per heavy atom. The van der Waals surface area contributed by atoms with E-state index in [2.05, 4.69) is 22.5 Å². The van der Waals surface area contributed by atoms with Crippen LogP contribution < -0.4 is 10.6 Å². The highest BCUT2D eigenvalue weighted by Gasteiger charge is 2.16. The molecule has 0 aliphatic heterocycles. The Kier molecular flexibility index (Phi) is 6.35. The van der Waals surface area contributed by atoms with Crippen LogP contribution in [-0.2, 0) is 0 Å². The molecule has 0 atom stereocenters. The van der Waals surface area contributed by atoms with Gasteiger partial charge in [0, 0.05) is 6.54 Å². The quantitative estimate of drug-likeness (QED) is 0.719. The molecule has 1 aromatic heterocycles. The molecule has 0 aliphatic carbocycles. The van der Waals surface area contributed by atoms with Crippen LogP contribution in [-0.4, -0.2) is 17.4 Å². The molecular formula is C17H19ClFN3O. The third kappa shape index (κ3) is 4.93. The molecule has 0 radical (unpaired) electrons. The number of carbonyl (C=O) groups excluding carboxylic acids is 1. The summed E-state index contributed by atoms with van der Waals surface area (Å²) in [6, 6.07) is 7.59. The van der Waals surface area contributed by atoms with Gasteiger partial charge in [-0.2, -0.15) is 0 Å². The average Bonchev–Trinajstić information content (AvgIpc) is 2.53. The van der Waals surface area contributed by atoms with E-state index < -0.39 is 11.7 Å². The van der Waals surface area contributed by atoms with E-state index in [1.54, 1.807) is 12.3 Å². The number of hydrogen-bond acceptors (Lipinski definition) is 3. The smallest absolute Gasteiger partial charge is 0.261 e. The Bertz CT molecular complexity index is 641. The Hall–Kier alpha value is -2.14. The summed E-state index contributed by atoms with van der Waals surface area (Å²) in [6.07, 6.45) is 5.08. The largest absolute Gasteiger partial charge is 0.384 e. The highest BCUT2D eigenvalue weighted by molar-refractivity contribution is 6.34. The lowest BCUT2D eigenvalue weighted by Crippen LogP contribution is -2.15. The molecule has 2 aromatic rings. The number of carbonyl (C=O) groups is 1. The van der Waals surface area contributed by atoms with Crippen LogP contribution in [0.1, 0.15) is 36.5 Å². The predicted octanol–water partition coefficient (Wildman–Crippen LogP) is 4.73. The predicted molar refractivity (Wildman–Crippen MR) is 91.6 cm³/mol. The van der Waals surface area contributed by atoms with Crippen molar-refractivity contribution in [3.05, 3.63) is 52.9 Å². The van der Waals surface area contributed by atoms with Crippen LogP contribution in [0.25, 0.3) is 0 Å². The van der Waals surface area contributed by atoms with Crippen molar-refractivity contribution in [2.75, 3.05) is 17.2 Å². The third-order valence-corrected chi connectivity index (χ3v) is 3.62. The van der Waals surface area contributed by atoms with Gasteiger partial charge in [-0.3, -0.25) is 4.79 Å². The van der Waals surface area contributed by atoms with E-state index >= 15 is 0 Å². The van der Waals surface area contributed by atoms with E-state index in [1.807, 2.05) is 6.07 Å². The zero-order chi connectivity index (χ0) is 16.7. The lowest BCUT2D eigenvalue weighted by atomic mass is 10.2. The van der Waals surface area contributed by atoms with Crippen LogP contribution in [0.2, 0.25) is 5.02 Å². The summed E-state index contributed by atoms with van der Waals surface area (Å²) in [7, 11) is 0. The molecule has 1 heterocycles. The number of amides is 1. The molecule has 4 nitrogen and oxygen atoms in total. The van der Waals surface area contributed by atoms with Gasteiger partial charge in [0.1, 0.15) is 11.6 Å². The minimum Gasteiger partial charge on any atom is -0.384 e. The van der Waals surface area contributed by atoms with Crippen molar-refractivity contribution in [2.45, 2.75) is 26.2 Å². The summed E-state index contributed by atoms with van der Waals surface area (Å²) in [5.41, 5.74) is 0.695. The van der Waals surface area contributed by atoms with Crippen molar-refractivity contribution in [1.29, 1.82) is 0 Å². The monoisotopic (exact) mass is 335 g/mol. The summed E-state index contributed by atoms with van der Waals surface area (Å²) >= 11 is 5.87. The maximum atomic E-state index is 13.7. The SMILES string of the molecule is CCCCCNc1ccc(NC(=O)c2c(F)cccc2Cl)nc1. The molecule has 0 unspecified atom stereocenters. The van der Waals surface area contributed by atoms with Crippen LogP contribution in [0, 0.1) is 5.82 Å². The maximum absolute atomic E-state index is 13.7. The minimum atomic E-state index is -0.663. The van der Waals surface area contributed by atoms with E-state index in [4.69, 9.17) is 11.6 Å². The normalized spacial score (nSPS) is 10.4. The van der Waals surface area contributed by atoms with Gasteiger partial charge in [-0.1, -0.05) is 37.4 Å². The highest BCUT2D eigenvalue weighted by Crippen LogP contribution is 2.20. The fourth-order valence-electron chi connectivity index (χ4n) is 2.07. The average molecular weight is 336 g/mol. The van der Waals surface area contributed by atoms with Crippen molar-refractivity contribution >= 4 is 29.0 Å². The van der Waals surface area contributed by atoms with Crippen LogP contribution in [0.4, 0.5) is 15.9 Å². The molecule has 1 aromatic carbocycles. The number of pyridine rings is 1. The maximum Gasteiger partial charge on any atom is 0.261 e. The Balaban J connectivity index is 1.96. The molecule has 2 N–H and O–H groups in total. The molecule has 0 spiro atoms. The minimum absolute atomic E-state index is 0.0664. The van der Waals surface area contributed by atoms with Crippen molar-refractivity contribution in [2.24, 2.45) is 0 Å². The molecule has 2 rings (SSSR count). The highest BCUT2D eigenvalue weighted by atomic mass is 35.5. The second-order valence-corrected chi connectivity index (χ2v) is 5.52. The standard InChI is InChI=1S/C17H19ClFN3O/c1-2-3-4-10-20-12-8-9-15(21-11-12)22-17(23)16-13(18)6-5-7-14(16)19/h5-9,11,20H,2-4,10H2,1H3,(H,21,22,23). The number of aromatic nitrogens is 1. The molecule has 0 saturated heterocycles. The van der Waals surface area contributed by atoms with Gasteiger partial charge in [0.25, 0.3) is 5.91 Å². The van der Waals surface area contributed by atoms with E-state index in [0.29, 0.717) is 5.82 Å². The van der Waals surface area contributed by atoms with Crippen molar-refractivity contribution in [3.8, 4) is 0 Å². The van der Waals surface area contributed by atoms with Gasteiger partial charge >= 0.3 is 0 Å². The number of hydrogen-bond donors (Lipinski definition) is 2. The van der Waals surface area contributed by atoms with Crippen LogP contribution in [0.3, 0.4) is 0 Å². The molecule has 1 amide bonds. The van der Waals surface area contributed by atoms with Crippen LogP contribution >= 0.6 is 11.6 Å². The molecule has 23 heavy (non-hydrogen) atoms. The lowest BCUT2D eigenvalue weighted by molar-refractivity contribution is 0.102. The van der Waals surface area contributed by atoms with Gasteiger partial charge in [-0.15, -0.1) is 0 Å². The van der Waals surface area contributed by atoms with E-state index in [1.165, 1.54) is 31.0 Å². The number of halogens is 2. The first-order valence-electron chi connectivity index (χ1n) is 7.57. The van der Waals surface area contributed by atoms with Crippen molar-refractivity contribution in [3.63, 3.8) is 0 Å². The number of benzene rings is 1. The summed E-state index contributed by atoms with van der Waals surface area (Å²) in [6.45, 7) is 3.03. The zero-order valence-corrected chi connectivity index (χ0v) is 13.7. The summed E-state index contributed by atoms with van der Waals surface area (Å²) in [5.74, 6) is -0.943. The summed E-state index contributed by atoms with van der Waals surface area (Å²) in [4.78, 5) is 16.2. The Morgan fingerprint density at radius 1 is 1.26 bits per heavy atom. The van der Waals surface area contributed by atoms with E-state index in [9.17, 15) is 9.18 Å². The van der Waals surface area contributed by atoms with Gasteiger partial charge in [0.15, 0.2) is 0 Å². The second-order valence-electron chi connectivity index (χ2n) is 5.12. The Labute approximate surface area is 140 Å². The van der Waals surface area contributed by atoms with E-state index in [0.717, 1.165) is 18.7 Å². The number of nitrogens with one attached hydrogen (secondary N) is 2. The molecule has 6 heteroatoms. The molecule has 0 aliphatic rings. The van der Waals surface area contributed by atoms with Gasteiger partial charge < -0.3 is 10.6 Å². The number of rotatable bonds is 7. The first-order valence-corrected chi connectivity index (χ1v) is 7.95. The number of unbranched alkanes of at least 4 members (excludes halogenated alkanes) is 2. The van der Waals surface area contributed by atoms with Crippen molar-refractivity contribution in [1.82, 2.24) is 4.98 Å². The summed E-state index contributed by atoms with van der Waals surface area (Å²) < 4.78 is 13.7. The fourth-order valence-corrected chi connectivity index (χ4v) is 2.32. The first kappa shape index (κ1) is 17.2. The molecule has 122 valence electrons. The fraction of sp³-hybridized carbons (Fsp3) is 0.294.